The van der Waals surface area contributed by atoms with E-state index in [9.17, 15) is 0 Å². The van der Waals surface area contributed by atoms with Crippen molar-refractivity contribution < 1.29 is 0 Å². The zero-order chi connectivity index (χ0) is 13.4. The maximum Gasteiger partial charge on any atom is 0.0740 e. The molecule has 5 heteroatoms. The van der Waals surface area contributed by atoms with Gasteiger partial charge in [-0.15, -0.1) is 11.3 Å². The van der Waals surface area contributed by atoms with Gasteiger partial charge < -0.3 is 5.32 Å². The molecule has 0 unspecified atom stereocenters. The summed E-state index contributed by atoms with van der Waals surface area (Å²) in [7, 11) is 0. The fraction of sp³-hybridized carbons (Fsp3) is 0.286. The van der Waals surface area contributed by atoms with E-state index in [1.54, 1.807) is 11.3 Å². The highest BCUT2D eigenvalue weighted by atomic mass is 79.9. The molecular formula is C14H12BrCl2NS. The molecule has 0 amide bonds. The number of hydrogen-bond acceptors (Lipinski definition) is 2. The van der Waals surface area contributed by atoms with E-state index < -0.39 is 0 Å². The molecule has 1 aliphatic carbocycles. The molecule has 3 rings (SSSR count). The van der Waals surface area contributed by atoms with Crippen LogP contribution in [0, 0.1) is 0 Å². The van der Waals surface area contributed by atoms with Gasteiger partial charge in [0.1, 0.15) is 0 Å². The Balaban J connectivity index is 1.83. The van der Waals surface area contributed by atoms with Gasteiger partial charge in [0.2, 0.25) is 0 Å². The van der Waals surface area contributed by atoms with Crippen molar-refractivity contribution in [3.63, 3.8) is 0 Å². The Labute approximate surface area is 135 Å². The highest BCUT2D eigenvalue weighted by Crippen LogP contribution is 2.40. The molecule has 0 bridgehead atoms. The molecule has 0 saturated heterocycles. The van der Waals surface area contributed by atoms with Gasteiger partial charge in [0.25, 0.3) is 0 Å². The minimum atomic E-state index is 0.574. The summed E-state index contributed by atoms with van der Waals surface area (Å²) in [6.07, 6.45) is 2.62. The molecule has 1 saturated carbocycles. The van der Waals surface area contributed by atoms with Crippen LogP contribution in [0.3, 0.4) is 0 Å². The van der Waals surface area contributed by atoms with Crippen LogP contribution in [0.15, 0.2) is 28.7 Å². The third kappa shape index (κ3) is 3.17. The lowest BCUT2D eigenvalue weighted by molar-refractivity contribution is 0.695. The Morgan fingerprint density at radius 1 is 1.16 bits per heavy atom. The van der Waals surface area contributed by atoms with Gasteiger partial charge >= 0.3 is 0 Å². The minimum Gasteiger partial charge on any atom is -0.309 e. The van der Waals surface area contributed by atoms with Gasteiger partial charge in [0.05, 0.1) is 10.0 Å². The van der Waals surface area contributed by atoms with Crippen molar-refractivity contribution in [3.8, 4) is 10.4 Å². The first kappa shape index (κ1) is 13.9. The number of thiophene rings is 1. The van der Waals surface area contributed by atoms with Crippen LogP contribution in [-0.2, 0) is 6.54 Å². The maximum absolute atomic E-state index is 6.31. The predicted octanol–water partition coefficient (Wildman–Crippen LogP) is 5.74. The van der Waals surface area contributed by atoms with Crippen molar-refractivity contribution in [2.24, 2.45) is 0 Å². The van der Waals surface area contributed by atoms with Crippen LogP contribution in [0.1, 0.15) is 17.7 Å². The first-order valence-electron chi connectivity index (χ1n) is 6.11. The maximum atomic E-state index is 6.31. The van der Waals surface area contributed by atoms with E-state index in [1.165, 1.54) is 17.7 Å². The summed E-state index contributed by atoms with van der Waals surface area (Å²) >= 11 is 17.6. The molecule has 1 aromatic heterocycles. The van der Waals surface area contributed by atoms with Gasteiger partial charge in [-0.25, -0.2) is 0 Å². The van der Waals surface area contributed by atoms with Crippen LogP contribution in [0.2, 0.25) is 10.0 Å². The SMILES string of the molecule is Clc1c(Br)ccc(-c2ccc(CNC3CC3)s2)c1Cl. The fourth-order valence-electron chi connectivity index (χ4n) is 1.87. The van der Waals surface area contributed by atoms with Gasteiger partial charge in [-0.1, -0.05) is 29.3 Å². The molecule has 1 aromatic carbocycles. The Kier molecular flexibility index (Phi) is 4.20. The lowest BCUT2D eigenvalue weighted by Crippen LogP contribution is -2.14. The normalized spacial score (nSPS) is 14.9. The monoisotopic (exact) mass is 375 g/mol. The Morgan fingerprint density at radius 2 is 1.95 bits per heavy atom. The Morgan fingerprint density at radius 3 is 2.68 bits per heavy atom. The average Bonchev–Trinajstić information content (AvgIpc) is 3.12. The lowest BCUT2D eigenvalue weighted by Gasteiger charge is -2.05. The van der Waals surface area contributed by atoms with Crippen molar-refractivity contribution in [2.45, 2.75) is 25.4 Å². The number of benzene rings is 1. The molecule has 0 atom stereocenters. The molecule has 0 aliphatic heterocycles. The Hall–Kier alpha value is -0.0600. The van der Waals surface area contributed by atoms with E-state index in [0.717, 1.165) is 27.5 Å². The van der Waals surface area contributed by atoms with Crippen molar-refractivity contribution in [3.05, 3.63) is 43.7 Å². The van der Waals surface area contributed by atoms with Crippen LogP contribution < -0.4 is 5.32 Å². The molecule has 19 heavy (non-hydrogen) atoms. The van der Waals surface area contributed by atoms with Gasteiger partial charge in [-0.05, 0) is 47.0 Å². The molecule has 100 valence electrons. The van der Waals surface area contributed by atoms with Crippen LogP contribution >= 0.6 is 50.5 Å². The highest BCUT2D eigenvalue weighted by Gasteiger charge is 2.20. The van der Waals surface area contributed by atoms with E-state index >= 15 is 0 Å². The average molecular weight is 377 g/mol. The molecule has 1 heterocycles. The summed E-state index contributed by atoms with van der Waals surface area (Å²) in [6.45, 7) is 0.942. The predicted molar refractivity (Wildman–Crippen MR) is 87.3 cm³/mol. The summed E-state index contributed by atoms with van der Waals surface area (Å²) in [5.74, 6) is 0. The minimum absolute atomic E-state index is 0.574. The number of hydrogen-bond donors (Lipinski definition) is 1. The van der Waals surface area contributed by atoms with Crippen LogP contribution in [0.4, 0.5) is 0 Å². The third-order valence-corrected chi connectivity index (χ3v) is 5.99. The van der Waals surface area contributed by atoms with Crippen LogP contribution in [-0.4, -0.2) is 6.04 Å². The molecule has 1 aliphatic rings. The van der Waals surface area contributed by atoms with E-state index in [0.29, 0.717) is 10.0 Å². The van der Waals surface area contributed by atoms with Crippen molar-refractivity contribution in [1.82, 2.24) is 5.32 Å². The molecule has 2 aromatic rings. The number of halogens is 3. The Bertz CT molecular complexity index is 607. The summed E-state index contributed by atoms with van der Waals surface area (Å²) < 4.78 is 0.829. The summed E-state index contributed by atoms with van der Waals surface area (Å²) in [4.78, 5) is 2.49. The molecule has 1 N–H and O–H groups in total. The van der Waals surface area contributed by atoms with E-state index in [1.807, 2.05) is 12.1 Å². The van der Waals surface area contributed by atoms with Crippen LogP contribution in [0.25, 0.3) is 10.4 Å². The second-order valence-corrected chi connectivity index (χ2v) is 7.42. The second-order valence-electron chi connectivity index (χ2n) is 4.64. The second kappa shape index (κ2) is 5.74. The van der Waals surface area contributed by atoms with Crippen molar-refractivity contribution >= 4 is 50.5 Å². The van der Waals surface area contributed by atoms with E-state index in [4.69, 9.17) is 23.2 Å². The van der Waals surface area contributed by atoms with Crippen molar-refractivity contribution in [2.75, 3.05) is 0 Å². The van der Waals surface area contributed by atoms with E-state index in [2.05, 4.69) is 33.4 Å². The highest BCUT2D eigenvalue weighted by molar-refractivity contribution is 9.10. The molecule has 1 fully saturated rings. The number of nitrogens with one attached hydrogen (secondary N) is 1. The molecule has 0 radical (unpaired) electrons. The fourth-order valence-corrected chi connectivity index (χ4v) is 3.79. The number of rotatable bonds is 4. The lowest BCUT2D eigenvalue weighted by atomic mass is 10.2. The quantitative estimate of drug-likeness (QED) is 0.671. The van der Waals surface area contributed by atoms with Crippen LogP contribution in [0.5, 0.6) is 0 Å². The van der Waals surface area contributed by atoms with Gasteiger partial charge in [0.15, 0.2) is 0 Å². The largest absolute Gasteiger partial charge is 0.309 e. The van der Waals surface area contributed by atoms with Gasteiger partial charge in [-0.2, -0.15) is 0 Å². The van der Waals surface area contributed by atoms with Gasteiger partial charge in [0, 0.05) is 32.4 Å². The molecule has 0 spiro atoms. The summed E-state index contributed by atoms with van der Waals surface area (Å²) in [6, 6.07) is 8.94. The topological polar surface area (TPSA) is 12.0 Å². The van der Waals surface area contributed by atoms with Crippen molar-refractivity contribution in [1.29, 1.82) is 0 Å². The third-order valence-electron chi connectivity index (χ3n) is 3.10. The standard InChI is InChI=1S/C14H12BrCl2NS/c15-11-5-4-10(13(16)14(11)17)12-6-3-9(19-12)7-18-8-1-2-8/h3-6,8,18H,1-2,7H2. The first-order valence-corrected chi connectivity index (χ1v) is 8.47. The first-order chi connectivity index (χ1) is 9.15. The van der Waals surface area contributed by atoms with E-state index in [-0.39, 0.29) is 0 Å². The molecule has 1 nitrogen and oxygen atoms in total. The zero-order valence-electron chi connectivity index (χ0n) is 10.1. The summed E-state index contributed by atoms with van der Waals surface area (Å²) in [5, 5.41) is 4.70. The zero-order valence-corrected chi connectivity index (χ0v) is 14.0. The smallest absolute Gasteiger partial charge is 0.0740 e. The van der Waals surface area contributed by atoms with Gasteiger partial charge in [-0.3, -0.25) is 0 Å². The molecular weight excluding hydrogens is 365 g/mol. The summed E-state index contributed by atoms with van der Waals surface area (Å²) in [5.41, 5.74) is 0.998.